The Balaban J connectivity index is 2.55. The van der Waals surface area contributed by atoms with Crippen molar-refractivity contribution in [2.45, 2.75) is 26.3 Å². The van der Waals surface area contributed by atoms with Crippen LogP contribution in [0.15, 0.2) is 18.3 Å². The lowest BCUT2D eigenvalue weighted by Gasteiger charge is -2.10. The molecule has 0 saturated carbocycles. The minimum Gasteiger partial charge on any atom is -0.394 e. The van der Waals surface area contributed by atoms with Gasteiger partial charge in [0.25, 0.3) is 0 Å². The maximum Gasteiger partial charge on any atom is 0.226 e. The summed E-state index contributed by atoms with van der Waals surface area (Å²) in [6.07, 6.45) is 1.93. The van der Waals surface area contributed by atoms with Gasteiger partial charge in [0.05, 0.1) is 18.7 Å². The minimum atomic E-state index is -0.207. The molecule has 1 aromatic heterocycles. The second kappa shape index (κ2) is 5.46. The summed E-state index contributed by atoms with van der Waals surface area (Å²) < 4.78 is 0. The van der Waals surface area contributed by atoms with Gasteiger partial charge in [-0.1, -0.05) is 6.07 Å². The second-order valence-corrected chi connectivity index (χ2v) is 3.59. The molecule has 15 heavy (non-hydrogen) atoms. The third-order valence-electron chi connectivity index (χ3n) is 2.13. The number of aliphatic hydroxyl groups is 1. The topological polar surface area (TPSA) is 62.2 Å². The van der Waals surface area contributed by atoms with Crippen LogP contribution < -0.4 is 5.32 Å². The van der Waals surface area contributed by atoms with Crippen molar-refractivity contribution in [1.29, 1.82) is 0 Å². The lowest BCUT2D eigenvalue weighted by atomic mass is 10.1. The van der Waals surface area contributed by atoms with Gasteiger partial charge >= 0.3 is 0 Å². The fraction of sp³-hybridized carbons (Fsp3) is 0.455. The molecule has 1 amide bonds. The molecule has 0 saturated heterocycles. The summed E-state index contributed by atoms with van der Waals surface area (Å²) in [6.45, 7) is 3.63. The van der Waals surface area contributed by atoms with E-state index in [0.717, 1.165) is 11.3 Å². The number of hydrogen-bond acceptors (Lipinski definition) is 3. The molecule has 1 rings (SSSR count). The molecule has 1 heterocycles. The number of amides is 1. The van der Waals surface area contributed by atoms with Crippen LogP contribution in [0.4, 0.5) is 0 Å². The first-order chi connectivity index (χ1) is 7.13. The first-order valence-corrected chi connectivity index (χ1v) is 4.94. The molecule has 0 aromatic carbocycles. The van der Waals surface area contributed by atoms with Crippen molar-refractivity contribution in [3.8, 4) is 0 Å². The number of pyridine rings is 1. The first-order valence-electron chi connectivity index (χ1n) is 4.94. The fourth-order valence-corrected chi connectivity index (χ4v) is 1.23. The van der Waals surface area contributed by atoms with Gasteiger partial charge in [-0.2, -0.15) is 0 Å². The number of hydrogen-bond donors (Lipinski definition) is 2. The molecule has 0 fully saturated rings. The van der Waals surface area contributed by atoms with Gasteiger partial charge < -0.3 is 10.4 Å². The standard InChI is InChI=1S/C11H16N2O2/c1-8-4-3-5-12-10(8)6-11(15)13-9(2)7-14/h3-5,9,14H,6-7H2,1-2H3,(H,13,15). The molecule has 1 unspecified atom stereocenters. The Hall–Kier alpha value is -1.42. The SMILES string of the molecule is Cc1cccnc1CC(=O)NC(C)CO. The van der Waals surface area contributed by atoms with Crippen molar-refractivity contribution < 1.29 is 9.90 Å². The van der Waals surface area contributed by atoms with Crippen LogP contribution in [0.3, 0.4) is 0 Å². The van der Waals surface area contributed by atoms with Crippen LogP contribution in [0.5, 0.6) is 0 Å². The third-order valence-corrected chi connectivity index (χ3v) is 2.13. The highest BCUT2D eigenvalue weighted by Crippen LogP contribution is 2.03. The van der Waals surface area contributed by atoms with Crippen molar-refractivity contribution in [3.05, 3.63) is 29.6 Å². The Bertz CT molecular complexity index is 339. The Morgan fingerprint density at radius 1 is 1.67 bits per heavy atom. The predicted molar refractivity (Wildman–Crippen MR) is 57.4 cm³/mol. The van der Waals surface area contributed by atoms with E-state index in [4.69, 9.17) is 5.11 Å². The largest absolute Gasteiger partial charge is 0.394 e. The van der Waals surface area contributed by atoms with Crippen molar-refractivity contribution in [3.63, 3.8) is 0 Å². The van der Waals surface area contributed by atoms with Gasteiger partial charge in [-0.15, -0.1) is 0 Å². The molecule has 0 spiro atoms. The highest BCUT2D eigenvalue weighted by Gasteiger charge is 2.09. The summed E-state index contributed by atoms with van der Waals surface area (Å²) in [5.74, 6) is -0.113. The van der Waals surface area contributed by atoms with Crippen LogP contribution in [0.1, 0.15) is 18.2 Å². The highest BCUT2D eigenvalue weighted by molar-refractivity contribution is 5.78. The summed E-state index contributed by atoms with van der Waals surface area (Å²) in [4.78, 5) is 15.6. The van der Waals surface area contributed by atoms with Crippen molar-refractivity contribution in [2.24, 2.45) is 0 Å². The van der Waals surface area contributed by atoms with E-state index in [0.29, 0.717) is 0 Å². The third kappa shape index (κ3) is 3.67. The number of aromatic nitrogens is 1. The van der Waals surface area contributed by atoms with Gasteiger partial charge in [-0.05, 0) is 25.5 Å². The molecule has 0 aliphatic carbocycles. The lowest BCUT2D eigenvalue weighted by Crippen LogP contribution is -2.36. The van der Waals surface area contributed by atoms with Gasteiger partial charge in [0, 0.05) is 12.2 Å². The van der Waals surface area contributed by atoms with Crippen molar-refractivity contribution in [1.82, 2.24) is 10.3 Å². The van der Waals surface area contributed by atoms with Crippen LogP contribution in [0.25, 0.3) is 0 Å². The number of rotatable bonds is 4. The number of carbonyl (C=O) groups excluding carboxylic acids is 1. The van der Waals surface area contributed by atoms with E-state index in [-0.39, 0.29) is 25.0 Å². The average Bonchev–Trinajstić information content (AvgIpc) is 2.21. The molecular formula is C11H16N2O2. The highest BCUT2D eigenvalue weighted by atomic mass is 16.3. The first kappa shape index (κ1) is 11.7. The lowest BCUT2D eigenvalue weighted by molar-refractivity contribution is -0.121. The Morgan fingerprint density at radius 2 is 2.40 bits per heavy atom. The Kier molecular flexibility index (Phi) is 4.24. The molecule has 1 atom stereocenters. The Morgan fingerprint density at radius 3 is 3.00 bits per heavy atom. The van der Waals surface area contributed by atoms with Gasteiger partial charge in [0.15, 0.2) is 0 Å². The molecule has 0 bridgehead atoms. The number of aryl methyl sites for hydroxylation is 1. The molecule has 82 valence electrons. The van der Waals surface area contributed by atoms with Crippen LogP contribution in [0, 0.1) is 6.92 Å². The van der Waals surface area contributed by atoms with Gasteiger partial charge in [-0.3, -0.25) is 9.78 Å². The number of aliphatic hydroxyl groups excluding tert-OH is 1. The van der Waals surface area contributed by atoms with Crippen LogP contribution in [-0.4, -0.2) is 28.6 Å². The quantitative estimate of drug-likeness (QED) is 0.754. The predicted octanol–water partition coefficient (Wildman–Crippen LogP) is 0.430. The van der Waals surface area contributed by atoms with Crippen LogP contribution in [0.2, 0.25) is 0 Å². The van der Waals surface area contributed by atoms with E-state index in [1.807, 2.05) is 19.1 Å². The summed E-state index contributed by atoms with van der Waals surface area (Å²) in [5, 5.41) is 11.5. The maximum atomic E-state index is 11.5. The molecule has 0 aliphatic heterocycles. The number of nitrogens with one attached hydrogen (secondary N) is 1. The molecule has 2 N–H and O–H groups in total. The molecular weight excluding hydrogens is 192 g/mol. The number of carbonyl (C=O) groups is 1. The van der Waals surface area contributed by atoms with Gasteiger partial charge in [-0.25, -0.2) is 0 Å². The zero-order valence-electron chi connectivity index (χ0n) is 9.03. The molecule has 1 aromatic rings. The van der Waals surface area contributed by atoms with Crippen LogP contribution in [-0.2, 0) is 11.2 Å². The molecule has 0 aliphatic rings. The monoisotopic (exact) mass is 208 g/mol. The summed E-state index contributed by atoms with van der Waals surface area (Å²) in [7, 11) is 0. The normalized spacial score (nSPS) is 12.2. The minimum absolute atomic E-state index is 0.0487. The second-order valence-electron chi connectivity index (χ2n) is 3.59. The molecule has 4 heteroatoms. The van der Waals surface area contributed by atoms with E-state index in [1.165, 1.54) is 0 Å². The average molecular weight is 208 g/mol. The van der Waals surface area contributed by atoms with Crippen molar-refractivity contribution >= 4 is 5.91 Å². The molecule has 0 radical (unpaired) electrons. The summed E-state index contributed by atoms with van der Waals surface area (Å²) in [5.41, 5.74) is 1.78. The van der Waals surface area contributed by atoms with Gasteiger partial charge in [0.2, 0.25) is 5.91 Å². The van der Waals surface area contributed by atoms with Crippen LogP contribution >= 0.6 is 0 Å². The summed E-state index contributed by atoms with van der Waals surface area (Å²) >= 11 is 0. The van der Waals surface area contributed by atoms with E-state index < -0.39 is 0 Å². The number of nitrogens with zero attached hydrogens (tertiary/aromatic N) is 1. The zero-order valence-corrected chi connectivity index (χ0v) is 9.03. The smallest absolute Gasteiger partial charge is 0.226 e. The maximum absolute atomic E-state index is 11.5. The fourth-order valence-electron chi connectivity index (χ4n) is 1.23. The van der Waals surface area contributed by atoms with Gasteiger partial charge in [0.1, 0.15) is 0 Å². The van der Waals surface area contributed by atoms with E-state index in [2.05, 4.69) is 10.3 Å². The molecule has 4 nitrogen and oxygen atoms in total. The zero-order chi connectivity index (χ0) is 11.3. The van der Waals surface area contributed by atoms with Crippen molar-refractivity contribution in [2.75, 3.05) is 6.61 Å². The van der Waals surface area contributed by atoms with E-state index in [9.17, 15) is 4.79 Å². The van der Waals surface area contributed by atoms with E-state index >= 15 is 0 Å². The van der Waals surface area contributed by atoms with E-state index in [1.54, 1.807) is 13.1 Å². The summed E-state index contributed by atoms with van der Waals surface area (Å²) in [6, 6.07) is 3.56. The Labute approximate surface area is 89.3 Å².